The van der Waals surface area contributed by atoms with Crippen molar-refractivity contribution in [2.45, 2.75) is 30.5 Å². The van der Waals surface area contributed by atoms with E-state index in [2.05, 4.69) is 30.3 Å². The predicted octanol–water partition coefficient (Wildman–Crippen LogP) is 3.45. The van der Waals surface area contributed by atoms with Gasteiger partial charge in [-0.1, -0.05) is 30.3 Å². The molecule has 14 heavy (non-hydrogen) atoms. The first-order valence-corrected chi connectivity index (χ1v) is 6.27. The van der Waals surface area contributed by atoms with E-state index >= 15 is 0 Å². The zero-order valence-electron chi connectivity index (χ0n) is 8.32. The maximum atomic E-state index is 5.66. The molecule has 0 N–H and O–H groups in total. The van der Waals surface area contributed by atoms with Crippen molar-refractivity contribution in [3.8, 4) is 0 Å². The van der Waals surface area contributed by atoms with Gasteiger partial charge in [0, 0.05) is 12.4 Å². The van der Waals surface area contributed by atoms with E-state index < -0.39 is 0 Å². The Balaban J connectivity index is 1.76. The first kappa shape index (κ1) is 10.1. The fraction of sp³-hybridized carbons (Fsp3) is 0.500. The lowest BCUT2D eigenvalue weighted by Crippen LogP contribution is -2.15. The minimum Gasteiger partial charge on any atom is -0.368 e. The Bertz CT molecular complexity index is 254. The minimum atomic E-state index is 0.434. The normalized spacial score (nSPS) is 22.1. The molecule has 0 aromatic heterocycles. The maximum absolute atomic E-state index is 5.66. The van der Waals surface area contributed by atoms with Crippen molar-refractivity contribution >= 4 is 11.8 Å². The Morgan fingerprint density at radius 2 is 2.07 bits per heavy atom. The van der Waals surface area contributed by atoms with Gasteiger partial charge in [-0.2, -0.15) is 0 Å². The van der Waals surface area contributed by atoms with Crippen LogP contribution in [0.2, 0.25) is 0 Å². The van der Waals surface area contributed by atoms with Crippen molar-refractivity contribution in [1.29, 1.82) is 0 Å². The van der Waals surface area contributed by atoms with Gasteiger partial charge in [-0.05, 0) is 24.8 Å². The highest BCUT2D eigenvalue weighted by atomic mass is 32.2. The van der Waals surface area contributed by atoms with Crippen LogP contribution in [0.4, 0.5) is 0 Å². The molecule has 0 radical (unpaired) electrons. The van der Waals surface area contributed by atoms with Gasteiger partial charge in [0.15, 0.2) is 0 Å². The third-order valence-electron chi connectivity index (χ3n) is 2.42. The van der Waals surface area contributed by atoms with Crippen LogP contribution in [0, 0.1) is 0 Å². The molecule has 1 heterocycles. The van der Waals surface area contributed by atoms with Gasteiger partial charge in [0.05, 0.1) is 0 Å². The molecule has 1 aliphatic heterocycles. The average molecular weight is 208 g/mol. The van der Waals surface area contributed by atoms with Crippen molar-refractivity contribution in [2.24, 2.45) is 0 Å². The van der Waals surface area contributed by atoms with Crippen molar-refractivity contribution in [2.75, 3.05) is 6.61 Å². The molecule has 1 nitrogen and oxygen atoms in total. The van der Waals surface area contributed by atoms with Crippen LogP contribution in [0.25, 0.3) is 0 Å². The van der Waals surface area contributed by atoms with Crippen molar-refractivity contribution in [3.05, 3.63) is 35.9 Å². The maximum Gasteiger partial charge on any atom is 0.103 e. The highest BCUT2D eigenvalue weighted by Crippen LogP contribution is 2.26. The van der Waals surface area contributed by atoms with E-state index in [1.54, 1.807) is 0 Å². The summed E-state index contributed by atoms with van der Waals surface area (Å²) < 4.78 is 5.66. The van der Waals surface area contributed by atoms with E-state index in [-0.39, 0.29) is 0 Å². The van der Waals surface area contributed by atoms with E-state index in [0.717, 1.165) is 12.4 Å². The lowest BCUT2D eigenvalue weighted by molar-refractivity contribution is 0.0727. The van der Waals surface area contributed by atoms with Crippen LogP contribution in [0.15, 0.2) is 30.3 Å². The summed E-state index contributed by atoms with van der Waals surface area (Å²) in [6, 6.07) is 10.6. The molecule has 0 bridgehead atoms. The van der Waals surface area contributed by atoms with Gasteiger partial charge in [-0.15, -0.1) is 11.8 Å². The van der Waals surface area contributed by atoms with E-state index in [0.29, 0.717) is 5.44 Å². The summed E-state index contributed by atoms with van der Waals surface area (Å²) in [4.78, 5) is 0. The second kappa shape index (κ2) is 5.42. The van der Waals surface area contributed by atoms with Crippen LogP contribution in [0.1, 0.15) is 24.8 Å². The second-order valence-electron chi connectivity index (χ2n) is 3.59. The van der Waals surface area contributed by atoms with E-state index in [9.17, 15) is 0 Å². The smallest absolute Gasteiger partial charge is 0.103 e. The molecule has 1 aliphatic rings. The van der Waals surface area contributed by atoms with Crippen molar-refractivity contribution in [3.63, 3.8) is 0 Å². The SMILES string of the molecule is c1ccc(CSC2CCCCO2)cc1. The van der Waals surface area contributed by atoms with Gasteiger partial charge in [0.1, 0.15) is 5.44 Å². The first-order chi connectivity index (χ1) is 6.95. The summed E-state index contributed by atoms with van der Waals surface area (Å²) in [6.45, 7) is 0.951. The average Bonchev–Trinajstić information content (AvgIpc) is 2.29. The molecule has 76 valence electrons. The quantitative estimate of drug-likeness (QED) is 0.752. The van der Waals surface area contributed by atoms with Crippen molar-refractivity contribution in [1.82, 2.24) is 0 Å². The summed E-state index contributed by atoms with van der Waals surface area (Å²) >= 11 is 1.93. The Labute approximate surface area is 89.9 Å². The molecule has 1 aromatic rings. The van der Waals surface area contributed by atoms with E-state index in [1.807, 2.05) is 11.8 Å². The van der Waals surface area contributed by atoms with Crippen LogP contribution in [0.5, 0.6) is 0 Å². The third-order valence-corrected chi connectivity index (χ3v) is 3.66. The van der Waals surface area contributed by atoms with Crippen LogP contribution in [0.3, 0.4) is 0 Å². The second-order valence-corrected chi connectivity index (χ2v) is 4.74. The summed E-state index contributed by atoms with van der Waals surface area (Å²) in [5, 5.41) is 0. The molecule has 2 rings (SSSR count). The summed E-state index contributed by atoms with van der Waals surface area (Å²) in [6.07, 6.45) is 3.78. The molecule has 1 fully saturated rings. The molecule has 0 saturated carbocycles. The third kappa shape index (κ3) is 3.03. The fourth-order valence-electron chi connectivity index (χ4n) is 1.61. The lowest BCUT2D eigenvalue weighted by Gasteiger charge is -2.21. The largest absolute Gasteiger partial charge is 0.368 e. The number of rotatable bonds is 3. The molecule has 1 aromatic carbocycles. The molecule has 1 atom stereocenters. The standard InChI is InChI=1S/C12H16OS/c1-2-6-11(7-3-1)10-14-12-8-4-5-9-13-12/h1-3,6-7,12H,4-5,8-10H2. The number of ether oxygens (including phenoxy) is 1. The summed E-state index contributed by atoms with van der Waals surface area (Å²) in [5.41, 5.74) is 1.83. The molecule has 1 unspecified atom stereocenters. The van der Waals surface area contributed by atoms with E-state index in [4.69, 9.17) is 4.74 Å². The summed E-state index contributed by atoms with van der Waals surface area (Å²) in [5.74, 6) is 1.07. The Morgan fingerprint density at radius 3 is 2.79 bits per heavy atom. The summed E-state index contributed by atoms with van der Waals surface area (Å²) in [7, 11) is 0. The minimum absolute atomic E-state index is 0.434. The van der Waals surface area contributed by atoms with Crippen LogP contribution < -0.4 is 0 Å². The molecule has 1 saturated heterocycles. The lowest BCUT2D eigenvalue weighted by atomic mass is 10.2. The highest BCUT2D eigenvalue weighted by molar-refractivity contribution is 7.99. The van der Waals surface area contributed by atoms with Crippen LogP contribution >= 0.6 is 11.8 Å². The van der Waals surface area contributed by atoms with Crippen LogP contribution in [-0.4, -0.2) is 12.0 Å². The molecule has 0 aliphatic carbocycles. The molecular weight excluding hydrogens is 192 g/mol. The number of hydrogen-bond donors (Lipinski definition) is 0. The molecule has 0 amide bonds. The monoisotopic (exact) mass is 208 g/mol. The Morgan fingerprint density at radius 1 is 1.21 bits per heavy atom. The molecular formula is C12H16OS. The van der Waals surface area contributed by atoms with Gasteiger partial charge in [-0.25, -0.2) is 0 Å². The topological polar surface area (TPSA) is 9.23 Å². The zero-order chi connectivity index (χ0) is 9.64. The van der Waals surface area contributed by atoms with Crippen LogP contribution in [-0.2, 0) is 10.5 Å². The fourth-order valence-corrected chi connectivity index (χ4v) is 2.70. The van der Waals surface area contributed by atoms with Gasteiger partial charge >= 0.3 is 0 Å². The highest BCUT2D eigenvalue weighted by Gasteiger charge is 2.13. The zero-order valence-corrected chi connectivity index (χ0v) is 9.13. The van der Waals surface area contributed by atoms with E-state index in [1.165, 1.54) is 24.8 Å². The molecule has 2 heteroatoms. The van der Waals surface area contributed by atoms with Gasteiger partial charge in [-0.3, -0.25) is 0 Å². The van der Waals surface area contributed by atoms with Gasteiger partial charge in [0.25, 0.3) is 0 Å². The number of hydrogen-bond acceptors (Lipinski definition) is 2. The van der Waals surface area contributed by atoms with Gasteiger partial charge in [0.2, 0.25) is 0 Å². The number of benzene rings is 1. The number of thioether (sulfide) groups is 1. The molecule has 0 spiro atoms. The Kier molecular flexibility index (Phi) is 3.90. The first-order valence-electron chi connectivity index (χ1n) is 5.22. The van der Waals surface area contributed by atoms with Gasteiger partial charge < -0.3 is 4.74 Å². The van der Waals surface area contributed by atoms with Crippen molar-refractivity contribution < 1.29 is 4.74 Å². The predicted molar refractivity (Wildman–Crippen MR) is 61.3 cm³/mol. The Hall–Kier alpha value is -0.470.